The highest BCUT2D eigenvalue weighted by Gasteiger charge is 2.39. The second-order valence-electron chi connectivity index (χ2n) is 7.70. The topological polar surface area (TPSA) is 66.5 Å². The Morgan fingerprint density at radius 1 is 1.03 bits per heavy atom. The first-order valence-electron chi connectivity index (χ1n) is 10.0. The highest BCUT2D eigenvalue weighted by atomic mass is 32.2. The van der Waals surface area contributed by atoms with Gasteiger partial charge in [-0.2, -0.15) is 4.31 Å². The Hall–Kier alpha value is -3.03. The highest BCUT2D eigenvalue weighted by Crippen LogP contribution is 2.29. The SMILES string of the molecule is Cc1cccc(S(=O)(=O)N2Cc3ccccc3C[C@@H]2C(=O)NCc2ccc(F)cc2)c1. The minimum absolute atomic E-state index is 0.126. The second kappa shape index (κ2) is 8.61. The van der Waals surface area contributed by atoms with Crippen LogP contribution in [0.5, 0.6) is 0 Å². The van der Waals surface area contributed by atoms with Crippen molar-refractivity contribution >= 4 is 15.9 Å². The summed E-state index contributed by atoms with van der Waals surface area (Å²) in [6.07, 6.45) is 0.288. The predicted molar refractivity (Wildman–Crippen MR) is 116 cm³/mol. The molecule has 1 aliphatic rings. The molecule has 31 heavy (non-hydrogen) atoms. The van der Waals surface area contributed by atoms with Gasteiger partial charge in [0.2, 0.25) is 15.9 Å². The molecule has 4 rings (SSSR count). The number of carbonyl (C=O) groups excluding carboxylic acids is 1. The molecule has 0 bridgehead atoms. The molecular weight excluding hydrogens is 415 g/mol. The van der Waals surface area contributed by atoms with E-state index in [0.717, 1.165) is 22.3 Å². The predicted octanol–water partition coefficient (Wildman–Crippen LogP) is 3.57. The van der Waals surface area contributed by atoms with Gasteiger partial charge < -0.3 is 5.32 Å². The van der Waals surface area contributed by atoms with E-state index < -0.39 is 16.1 Å². The number of nitrogens with zero attached hydrogens (tertiary/aromatic N) is 1. The van der Waals surface area contributed by atoms with Gasteiger partial charge >= 0.3 is 0 Å². The summed E-state index contributed by atoms with van der Waals surface area (Å²) in [5.74, 6) is -0.732. The zero-order chi connectivity index (χ0) is 22.0. The maximum absolute atomic E-state index is 13.5. The molecule has 0 fully saturated rings. The normalized spacial score (nSPS) is 16.5. The summed E-state index contributed by atoms with van der Waals surface area (Å²) in [6.45, 7) is 2.15. The van der Waals surface area contributed by atoms with Crippen molar-refractivity contribution in [2.75, 3.05) is 0 Å². The summed E-state index contributed by atoms with van der Waals surface area (Å²) >= 11 is 0. The maximum Gasteiger partial charge on any atom is 0.244 e. The molecule has 7 heteroatoms. The molecule has 160 valence electrons. The number of amides is 1. The fraction of sp³-hybridized carbons (Fsp3) is 0.208. The summed E-state index contributed by atoms with van der Waals surface area (Å²) in [5, 5.41) is 2.82. The lowest BCUT2D eigenvalue weighted by Crippen LogP contribution is -2.52. The average molecular weight is 439 g/mol. The largest absolute Gasteiger partial charge is 0.351 e. The lowest BCUT2D eigenvalue weighted by Gasteiger charge is -2.35. The molecule has 1 N–H and O–H groups in total. The Bertz CT molecular complexity index is 1210. The van der Waals surface area contributed by atoms with E-state index >= 15 is 0 Å². The van der Waals surface area contributed by atoms with Crippen LogP contribution in [0.4, 0.5) is 4.39 Å². The van der Waals surface area contributed by atoms with Crippen molar-refractivity contribution in [1.29, 1.82) is 0 Å². The zero-order valence-electron chi connectivity index (χ0n) is 17.1. The molecule has 0 spiro atoms. The van der Waals surface area contributed by atoms with Crippen molar-refractivity contribution in [2.24, 2.45) is 0 Å². The third-order valence-corrected chi connectivity index (χ3v) is 7.33. The third-order valence-electron chi connectivity index (χ3n) is 5.48. The summed E-state index contributed by atoms with van der Waals surface area (Å²) in [7, 11) is -3.89. The first-order chi connectivity index (χ1) is 14.8. The van der Waals surface area contributed by atoms with E-state index in [1.54, 1.807) is 30.3 Å². The number of hydrogen-bond acceptors (Lipinski definition) is 3. The first kappa shape index (κ1) is 21.2. The molecule has 3 aromatic carbocycles. The molecule has 0 saturated heterocycles. The molecule has 1 heterocycles. The Balaban J connectivity index is 1.64. The molecule has 1 aliphatic heterocycles. The van der Waals surface area contributed by atoms with Gasteiger partial charge in [-0.1, -0.05) is 48.5 Å². The quantitative estimate of drug-likeness (QED) is 0.662. The first-order valence-corrected chi connectivity index (χ1v) is 11.5. The monoisotopic (exact) mass is 438 g/mol. The summed E-state index contributed by atoms with van der Waals surface area (Å²) in [4.78, 5) is 13.3. The molecular formula is C24H23FN2O3S. The van der Waals surface area contributed by atoms with Gasteiger partial charge in [0.05, 0.1) is 4.90 Å². The van der Waals surface area contributed by atoms with E-state index in [1.165, 1.54) is 16.4 Å². The van der Waals surface area contributed by atoms with Crippen LogP contribution in [0, 0.1) is 12.7 Å². The lowest BCUT2D eigenvalue weighted by molar-refractivity contribution is -0.125. The van der Waals surface area contributed by atoms with Crippen LogP contribution in [-0.4, -0.2) is 24.7 Å². The number of nitrogens with one attached hydrogen (secondary N) is 1. The van der Waals surface area contributed by atoms with E-state index in [4.69, 9.17) is 0 Å². The Kier molecular flexibility index (Phi) is 5.89. The molecule has 0 saturated carbocycles. The van der Waals surface area contributed by atoms with Crippen LogP contribution in [0.2, 0.25) is 0 Å². The molecule has 3 aromatic rings. The number of fused-ring (bicyclic) bond motifs is 1. The van der Waals surface area contributed by atoms with E-state index in [9.17, 15) is 17.6 Å². The summed E-state index contributed by atoms with van der Waals surface area (Å²) < 4.78 is 41.4. The molecule has 1 amide bonds. The van der Waals surface area contributed by atoms with Gasteiger partial charge in [0.1, 0.15) is 11.9 Å². The van der Waals surface area contributed by atoms with Crippen molar-refractivity contribution in [3.05, 3.63) is 101 Å². The van der Waals surface area contributed by atoms with E-state index in [0.29, 0.717) is 0 Å². The molecule has 0 radical (unpaired) electrons. The van der Waals surface area contributed by atoms with Crippen molar-refractivity contribution in [3.63, 3.8) is 0 Å². The fourth-order valence-electron chi connectivity index (χ4n) is 3.80. The molecule has 5 nitrogen and oxygen atoms in total. The van der Waals surface area contributed by atoms with Gasteiger partial charge in [-0.25, -0.2) is 12.8 Å². The van der Waals surface area contributed by atoms with Gasteiger partial charge in [0.25, 0.3) is 0 Å². The smallest absolute Gasteiger partial charge is 0.244 e. The van der Waals surface area contributed by atoms with Crippen molar-refractivity contribution in [1.82, 2.24) is 9.62 Å². The van der Waals surface area contributed by atoms with Gasteiger partial charge in [0.15, 0.2) is 0 Å². The van der Waals surface area contributed by atoms with Gasteiger partial charge in [0, 0.05) is 13.1 Å². The third kappa shape index (κ3) is 4.52. The van der Waals surface area contributed by atoms with Crippen LogP contribution in [-0.2, 0) is 34.3 Å². The van der Waals surface area contributed by atoms with Crippen LogP contribution >= 0.6 is 0 Å². The number of benzene rings is 3. The number of carbonyl (C=O) groups is 1. The van der Waals surface area contributed by atoms with E-state index in [-0.39, 0.29) is 36.1 Å². The zero-order valence-corrected chi connectivity index (χ0v) is 17.9. The fourth-order valence-corrected chi connectivity index (χ4v) is 5.47. The standard InChI is InChI=1S/C24H23FN2O3S/c1-17-5-4-8-22(13-17)31(29,30)27-16-20-7-3-2-6-19(20)14-23(27)24(28)26-15-18-9-11-21(25)12-10-18/h2-13,23H,14-16H2,1H3,(H,26,28)/t23-/m1/s1. The molecule has 0 aromatic heterocycles. The lowest BCUT2D eigenvalue weighted by atomic mass is 9.95. The van der Waals surface area contributed by atoms with Crippen LogP contribution in [0.1, 0.15) is 22.3 Å². The van der Waals surface area contributed by atoms with Gasteiger partial charge in [-0.3, -0.25) is 4.79 Å². The Morgan fingerprint density at radius 3 is 2.45 bits per heavy atom. The average Bonchev–Trinajstić information content (AvgIpc) is 2.77. The van der Waals surface area contributed by atoms with Crippen LogP contribution in [0.3, 0.4) is 0 Å². The molecule has 0 aliphatic carbocycles. The highest BCUT2D eigenvalue weighted by molar-refractivity contribution is 7.89. The van der Waals surface area contributed by atoms with Crippen molar-refractivity contribution < 1.29 is 17.6 Å². The maximum atomic E-state index is 13.5. The molecule has 1 atom stereocenters. The number of hydrogen-bond donors (Lipinski definition) is 1. The van der Waals surface area contributed by atoms with E-state index in [1.807, 2.05) is 37.3 Å². The van der Waals surface area contributed by atoms with Gasteiger partial charge in [-0.15, -0.1) is 0 Å². The molecule has 0 unspecified atom stereocenters. The minimum atomic E-state index is -3.89. The van der Waals surface area contributed by atoms with E-state index in [2.05, 4.69) is 5.32 Å². The van der Waals surface area contributed by atoms with Crippen LogP contribution < -0.4 is 5.32 Å². The second-order valence-corrected chi connectivity index (χ2v) is 9.59. The number of sulfonamides is 1. The van der Waals surface area contributed by atoms with Crippen molar-refractivity contribution in [2.45, 2.75) is 37.4 Å². The van der Waals surface area contributed by atoms with Crippen LogP contribution in [0.25, 0.3) is 0 Å². The number of rotatable bonds is 5. The Labute approximate surface area is 181 Å². The number of halogens is 1. The minimum Gasteiger partial charge on any atom is -0.351 e. The summed E-state index contributed by atoms with van der Waals surface area (Å²) in [6, 6.07) is 19.2. The summed E-state index contributed by atoms with van der Waals surface area (Å²) in [5.41, 5.74) is 3.41. The number of aryl methyl sites for hydroxylation is 1. The van der Waals surface area contributed by atoms with Gasteiger partial charge in [-0.05, 0) is 59.9 Å². The Morgan fingerprint density at radius 2 is 1.74 bits per heavy atom. The van der Waals surface area contributed by atoms with Crippen LogP contribution in [0.15, 0.2) is 77.7 Å². The van der Waals surface area contributed by atoms with Crippen molar-refractivity contribution in [3.8, 4) is 0 Å².